The predicted molar refractivity (Wildman–Crippen MR) is 276 cm³/mol. The molecule has 0 aromatic carbocycles. The third-order valence-corrected chi connectivity index (χ3v) is 13.8. The van der Waals surface area contributed by atoms with Crippen LogP contribution < -0.4 is 16.0 Å². The molecule has 8 N–H and O–H groups in total. The summed E-state index contributed by atoms with van der Waals surface area (Å²) < 4.78 is 108. The maximum absolute atomic E-state index is 13.4. The molecule has 0 aliphatic heterocycles. The molecule has 3 aromatic heterocycles. The standard InChI is InChI=1S/C28H44N4O12S3.C15H24N2O7S2.CO2/c1-20(12-26(33)24(29-2)13-21-4-6-31(17-21)8-10-43-46(37,38)39)16-30-25(27(34)15-23(19-45-3)28(35)36)14-22-5-7-32(18-22)9-11-44-47(40,41)42;1-16-13(14(18)8-12(10-25-2)15(19)20)7-11-3-4-17(9-11)5-6-24-26(21,22)23;2-1-3/h4-7,17-18,20,23-25,29-30H,8-16,19H2,1-3H3,(H,35,36)(H,37,38,39)(H,40,41,42);3-4,9,12-13,16H,5-8,10H2,1-2H3,(H,19,20)(H,21,22,23);/t20-,23+,24+,25+;12-,13+;/m11./s1. The van der Waals surface area contributed by atoms with E-state index in [1.54, 1.807) is 95.7 Å². The van der Waals surface area contributed by atoms with E-state index in [0.29, 0.717) is 25.1 Å². The number of carbonyl (C=O) groups is 5. The summed E-state index contributed by atoms with van der Waals surface area (Å²) in [5.74, 6) is -3.65. The van der Waals surface area contributed by atoms with Crippen LogP contribution in [0.15, 0.2) is 55.4 Å². The number of Topliss-reactive ketones (excluding diaryl/α,β-unsaturated/α-hetero) is 3. The van der Waals surface area contributed by atoms with Crippen LogP contribution in [0.5, 0.6) is 0 Å². The highest BCUT2D eigenvalue weighted by Gasteiger charge is 2.29. The largest absolute Gasteiger partial charge is 0.481 e. The van der Waals surface area contributed by atoms with Crippen molar-refractivity contribution in [3.63, 3.8) is 0 Å². The van der Waals surface area contributed by atoms with Crippen LogP contribution in [0.4, 0.5) is 0 Å². The fraction of sp³-hybridized carbons (Fsp3) is 0.591. The van der Waals surface area contributed by atoms with Crippen LogP contribution in [0.25, 0.3) is 0 Å². The third kappa shape index (κ3) is 30.9. The number of rotatable bonds is 38. The van der Waals surface area contributed by atoms with Gasteiger partial charge < -0.3 is 39.9 Å². The molecule has 0 amide bonds. The molecule has 0 fully saturated rings. The Morgan fingerprint density at radius 1 is 0.579 bits per heavy atom. The number of likely N-dealkylation sites (N-methyl/N-ethyl adjacent to an activating group) is 2. The highest BCUT2D eigenvalue weighted by molar-refractivity contribution is 7.98. The number of carboxylic acid groups (broad SMARTS) is 2. The molecule has 3 rings (SSSR count). The van der Waals surface area contributed by atoms with Crippen LogP contribution in [0.3, 0.4) is 0 Å². The number of hydrogen-bond donors (Lipinski definition) is 8. The highest BCUT2D eigenvalue weighted by Crippen LogP contribution is 2.18. The van der Waals surface area contributed by atoms with Gasteiger partial charge in [-0.05, 0) is 93.2 Å². The molecule has 0 bridgehead atoms. The second kappa shape index (κ2) is 35.7. The Labute approximate surface area is 450 Å². The van der Waals surface area contributed by atoms with Gasteiger partial charge in [0.1, 0.15) is 5.78 Å². The molecule has 430 valence electrons. The number of hydrogen-bond acceptors (Lipinski definition) is 21. The van der Waals surface area contributed by atoms with E-state index in [-0.39, 0.29) is 100 Å². The first-order chi connectivity index (χ1) is 35.6. The van der Waals surface area contributed by atoms with Gasteiger partial charge >= 0.3 is 49.3 Å². The summed E-state index contributed by atoms with van der Waals surface area (Å²) in [5.41, 5.74) is 2.40. The lowest BCUT2D eigenvalue weighted by Gasteiger charge is -2.22. The van der Waals surface area contributed by atoms with E-state index in [1.807, 2.05) is 6.92 Å². The molecule has 32 heteroatoms. The summed E-state index contributed by atoms with van der Waals surface area (Å²) in [6.07, 6.45) is 15.0. The number of aliphatic carboxylic acids is 2. The summed E-state index contributed by atoms with van der Waals surface area (Å²) >= 11 is 2.72. The molecule has 0 unspecified atom stereocenters. The normalized spacial score (nSPS) is 14.1. The minimum absolute atomic E-state index is 0.0371. The lowest BCUT2D eigenvalue weighted by atomic mass is 9.94. The molecule has 0 saturated heterocycles. The number of thioether (sulfide) groups is 2. The second-order valence-corrected chi connectivity index (χ2v) is 22.1. The molecule has 6 atom stereocenters. The van der Waals surface area contributed by atoms with Gasteiger partial charge in [-0.1, -0.05) is 6.92 Å². The number of aromatic nitrogens is 3. The molecule has 0 spiro atoms. The minimum atomic E-state index is -4.57. The third-order valence-electron chi connectivity index (χ3n) is 11.0. The average Bonchev–Trinajstić information content (AvgIpc) is 4.09. The SMILES string of the molecule is CN[C@@H](Cc1ccn(CCOS(=O)(=O)O)c1)C(=O)C[C@@H](C)CN[C@@H](Cc1ccn(CCOS(=O)(=O)O)c1)C(=O)C[C@@H](CSC)C(=O)O.CN[C@@H](Cc1ccn(CCOS(=O)(=O)O)c1)C(=O)C[C@H](CSC)C(=O)O.O=C=O. The highest BCUT2D eigenvalue weighted by atomic mass is 32.3. The van der Waals surface area contributed by atoms with Crippen molar-refractivity contribution in [3.05, 3.63) is 72.1 Å². The van der Waals surface area contributed by atoms with Crippen molar-refractivity contribution in [2.45, 2.75) is 83.2 Å². The Morgan fingerprint density at radius 3 is 1.17 bits per heavy atom. The number of nitrogens with zero attached hydrogens (tertiary/aromatic N) is 3. The first-order valence-electron chi connectivity index (χ1n) is 22.9. The minimum Gasteiger partial charge on any atom is -0.481 e. The molecule has 76 heavy (non-hydrogen) atoms. The van der Waals surface area contributed by atoms with Crippen molar-refractivity contribution in [3.8, 4) is 0 Å². The summed E-state index contributed by atoms with van der Waals surface area (Å²) in [4.78, 5) is 78.1. The molecule has 3 heterocycles. The van der Waals surface area contributed by atoms with E-state index in [2.05, 4.69) is 28.5 Å². The first kappa shape index (κ1) is 69.4. The van der Waals surface area contributed by atoms with Gasteiger partial charge in [-0.3, -0.25) is 37.6 Å². The van der Waals surface area contributed by atoms with Gasteiger partial charge in [-0.15, -0.1) is 0 Å². The maximum atomic E-state index is 13.4. The van der Waals surface area contributed by atoms with Crippen molar-refractivity contribution in [2.24, 2.45) is 17.8 Å². The molecule has 27 nitrogen and oxygen atoms in total. The quantitative estimate of drug-likeness (QED) is 0.0367. The predicted octanol–water partition coefficient (Wildman–Crippen LogP) is 0.756. The Kier molecular flexibility index (Phi) is 32.6. The zero-order chi connectivity index (χ0) is 57.6. The fourth-order valence-corrected chi connectivity index (χ4v) is 9.45. The van der Waals surface area contributed by atoms with Gasteiger partial charge in [0.25, 0.3) is 0 Å². The molecule has 3 aromatic rings. The van der Waals surface area contributed by atoms with E-state index in [4.69, 9.17) is 23.2 Å². The molecular formula is C44H68N6O21S5. The van der Waals surface area contributed by atoms with Crippen molar-refractivity contribution >= 4 is 90.2 Å². The van der Waals surface area contributed by atoms with Crippen LogP contribution in [-0.2, 0) is 116 Å². The second-order valence-electron chi connectivity index (χ2n) is 17.0. The number of carbonyl (C=O) groups excluding carboxylic acids is 5. The van der Waals surface area contributed by atoms with Gasteiger partial charge in [0.15, 0.2) is 11.6 Å². The number of ketones is 3. The van der Waals surface area contributed by atoms with Crippen molar-refractivity contribution in [1.82, 2.24) is 29.7 Å². The van der Waals surface area contributed by atoms with E-state index >= 15 is 0 Å². The summed E-state index contributed by atoms with van der Waals surface area (Å²) in [6, 6.07) is 3.55. The lowest BCUT2D eigenvalue weighted by molar-refractivity contribution is -0.191. The van der Waals surface area contributed by atoms with Crippen LogP contribution in [-0.4, -0.2) is 181 Å². The summed E-state index contributed by atoms with van der Waals surface area (Å²) in [5, 5.41) is 27.9. The van der Waals surface area contributed by atoms with E-state index < -0.39 is 73.1 Å². The fourth-order valence-electron chi connectivity index (χ4n) is 7.26. The van der Waals surface area contributed by atoms with Crippen molar-refractivity contribution < 1.29 is 95.2 Å². The smallest absolute Gasteiger partial charge is 0.397 e. The van der Waals surface area contributed by atoms with Gasteiger partial charge in [0, 0.05) is 87.6 Å². The van der Waals surface area contributed by atoms with E-state index in [0.717, 1.165) is 16.7 Å². The Hall–Kier alpha value is -4.64. The van der Waals surface area contributed by atoms with Gasteiger partial charge in [0.2, 0.25) is 0 Å². The van der Waals surface area contributed by atoms with Gasteiger partial charge in [-0.25, -0.2) is 12.5 Å². The van der Waals surface area contributed by atoms with Crippen LogP contribution in [0.1, 0.15) is 42.9 Å². The molecule has 0 radical (unpaired) electrons. The van der Waals surface area contributed by atoms with Crippen LogP contribution in [0, 0.1) is 17.8 Å². The topological polar surface area (TPSA) is 402 Å². The Balaban J connectivity index is 0.000000837. The molecule has 0 aliphatic carbocycles. The van der Waals surface area contributed by atoms with E-state index in [9.17, 15) is 59.4 Å². The summed E-state index contributed by atoms with van der Waals surface area (Å²) in [7, 11) is -10.2. The number of nitrogens with one attached hydrogen (secondary N) is 3. The molecule has 0 saturated carbocycles. The van der Waals surface area contributed by atoms with Crippen LogP contribution >= 0.6 is 23.5 Å². The monoisotopic (exact) mass is 1180 g/mol. The maximum Gasteiger partial charge on any atom is 0.397 e. The zero-order valence-corrected chi connectivity index (χ0v) is 46.5. The summed E-state index contributed by atoms with van der Waals surface area (Å²) in [6.45, 7) is 1.93. The van der Waals surface area contributed by atoms with Crippen LogP contribution in [0.2, 0.25) is 0 Å². The van der Waals surface area contributed by atoms with Crippen molar-refractivity contribution in [1.29, 1.82) is 0 Å². The van der Waals surface area contributed by atoms with Gasteiger partial charge in [-0.2, -0.15) is 58.4 Å². The average molecular weight is 1180 g/mol. The lowest BCUT2D eigenvalue weighted by Crippen LogP contribution is -2.43. The molecular weight excluding hydrogens is 1110 g/mol. The Bertz CT molecular complexity index is 2650. The zero-order valence-electron chi connectivity index (χ0n) is 42.4. The van der Waals surface area contributed by atoms with Crippen molar-refractivity contribution in [2.75, 3.05) is 64.5 Å². The number of carboxylic acids is 2. The Morgan fingerprint density at radius 2 is 0.882 bits per heavy atom. The van der Waals surface area contributed by atoms with Gasteiger partial charge in [0.05, 0.1) is 49.8 Å². The first-order valence-corrected chi connectivity index (χ1v) is 29.8. The van der Waals surface area contributed by atoms with E-state index in [1.165, 1.54) is 23.5 Å². The molecule has 0 aliphatic rings.